The van der Waals surface area contributed by atoms with Crippen LogP contribution < -0.4 is 0 Å². The lowest BCUT2D eigenvalue weighted by Crippen LogP contribution is -2.31. The average Bonchev–Trinajstić information content (AvgIpc) is 2.89. The number of tetrazole rings is 1. The minimum atomic E-state index is -0.258. The highest BCUT2D eigenvalue weighted by molar-refractivity contribution is 6.30. The van der Waals surface area contributed by atoms with Gasteiger partial charge in [0.05, 0.1) is 0 Å². The molecule has 0 saturated carbocycles. The molecule has 0 aliphatic heterocycles. The van der Waals surface area contributed by atoms with E-state index in [-0.39, 0.29) is 11.7 Å². The van der Waals surface area contributed by atoms with Crippen molar-refractivity contribution in [2.75, 3.05) is 6.54 Å². The molecule has 1 N–H and O–H groups in total. The van der Waals surface area contributed by atoms with Crippen molar-refractivity contribution in [2.24, 2.45) is 0 Å². The monoisotopic (exact) mass is 265 g/mol. The molecule has 94 valence electrons. The van der Waals surface area contributed by atoms with Crippen LogP contribution in [0.3, 0.4) is 0 Å². The van der Waals surface area contributed by atoms with Crippen LogP contribution in [0.2, 0.25) is 5.02 Å². The number of hydrogen-bond acceptors (Lipinski definition) is 4. The third-order valence-corrected chi connectivity index (χ3v) is 2.70. The van der Waals surface area contributed by atoms with E-state index in [2.05, 4.69) is 20.6 Å². The predicted octanol–water partition coefficient (Wildman–Crippen LogP) is 1.52. The summed E-state index contributed by atoms with van der Waals surface area (Å²) in [5.41, 5.74) is 0.959. The molecule has 0 spiro atoms. The lowest BCUT2D eigenvalue weighted by molar-refractivity contribution is 0.0740. The fourth-order valence-electron chi connectivity index (χ4n) is 1.58. The van der Waals surface area contributed by atoms with Gasteiger partial charge in [-0.3, -0.25) is 4.79 Å². The van der Waals surface area contributed by atoms with Crippen molar-refractivity contribution < 1.29 is 4.79 Å². The molecule has 2 aromatic rings. The molecule has 0 aliphatic carbocycles. The zero-order valence-electron chi connectivity index (χ0n) is 9.80. The van der Waals surface area contributed by atoms with Gasteiger partial charge in [0.2, 0.25) is 0 Å². The molecule has 6 nitrogen and oxygen atoms in total. The summed E-state index contributed by atoms with van der Waals surface area (Å²) in [7, 11) is 0. The van der Waals surface area contributed by atoms with Crippen molar-refractivity contribution in [3.63, 3.8) is 0 Å². The van der Waals surface area contributed by atoms with Crippen molar-refractivity contribution in [3.05, 3.63) is 40.7 Å². The number of hydrogen-bond donors (Lipinski definition) is 1. The number of nitrogens with one attached hydrogen (secondary N) is 1. The molecule has 2 rings (SSSR count). The van der Waals surface area contributed by atoms with Gasteiger partial charge < -0.3 is 4.90 Å². The van der Waals surface area contributed by atoms with Crippen molar-refractivity contribution in [2.45, 2.75) is 13.5 Å². The van der Waals surface area contributed by atoms with Gasteiger partial charge in [-0.05, 0) is 29.8 Å². The van der Waals surface area contributed by atoms with Crippen LogP contribution in [-0.4, -0.2) is 38.0 Å². The quantitative estimate of drug-likeness (QED) is 0.909. The number of aromatic amines is 1. The topological polar surface area (TPSA) is 74.8 Å². The molecule has 0 saturated heterocycles. The second-order valence-electron chi connectivity index (χ2n) is 3.68. The first kappa shape index (κ1) is 12.5. The van der Waals surface area contributed by atoms with Crippen molar-refractivity contribution in [1.29, 1.82) is 0 Å². The van der Waals surface area contributed by atoms with Crippen LogP contribution in [0.1, 0.15) is 23.1 Å². The molecule has 0 atom stereocenters. The van der Waals surface area contributed by atoms with Gasteiger partial charge in [-0.1, -0.05) is 23.7 Å². The number of benzene rings is 1. The normalized spacial score (nSPS) is 10.3. The van der Waals surface area contributed by atoms with Gasteiger partial charge in [0, 0.05) is 18.1 Å². The molecular formula is C11H12ClN5O. The second-order valence-corrected chi connectivity index (χ2v) is 4.12. The summed E-state index contributed by atoms with van der Waals surface area (Å²) in [6.07, 6.45) is 0. The molecule has 0 unspecified atom stereocenters. The molecular weight excluding hydrogens is 254 g/mol. The highest BCUT2D eigenvalue weighted by Crippen LogP contribution is 2.13. The molecule has 0 aliphatic rings. The standard InChI is InChI=1S/C11H12ClN5O/c1-2-17(11(18)10-13-15-16-14-10)7-8-4-3-5-9(12)6-8/h3-6H,2,7H2,1H3,(H,13,14,15,16). The van der Waals surface area contributed by atoms with Crippen LogP contribution >= 0.6 is 11.6 Å². The zero-order chi connectivity index (χ0) is 13.0. The zero-order valence-corrected chi connectivity index (χ0v) is 10.6. The van der Waals surface area contributed by atoms with Crippen LogP contribution in [-0.2, 0) is 6.54 Å². The van der Waals surface area contributed by atoms with Crippen LogP contribution in [0, 0.1) is 0 Å². The van der Waals surface area contributed by atoms with Gasteiger partial charge >= 0.3 is 0 Å². The van der Waals surface area contributed by atoms with Crippen molar-refractivity contribution in [3.8, 4) is 0 Å². The molecule has 1 aromatic heterocycles. The summed E-state index contributed by atoms with van der Waals surface area (Å²) in [6.45, 7) is 2.91. The first-order valence-corrected chi connectivity index (χ1v) is 5.85. The van der Waals surface area contributed by atoms with Gasteiger partial charge in [0.25, 0.3) is 11.7 Å². The van der Waals surface area contributed by atoms with Gasteiger partial charge in [-0.25, -0.2) is 0 Å². The molecule has 1 heterocycles. The first-order chi connectivity index (χ1) is 8.70. The predicted molar refractivity (Wildman–Crippen MR) is 66.0 cm³/mol. The maximum absolute atomic E-state index is 12.0. The largest absolute Gasteiger partial charge is 0.332 e. The number of carbonyl (C=O) groups is 1. The Bertz CT molecular complexity index is 528. The summed E-state index contributed by atoms with van der Waals surface area (Å²) in [6, 6.07) is 7.39. The van der Waals surface area contributed by atoms with E-state index < -0.39 is 0 Å². The Balaban J connectivity index is 2.12. The molecule has 0 radical (unpaired) electrons. The van der Waals surface area contributed by atoms with E-state index in [4.69, 9.17) is 11.6 Å². The fourth-order valence-corrected chi connectivity index (χ4v) is 1.79. The van der Waals surface area contributed by atoms with Gasteiger partial charge in [-0.15, -0.1) is 10.2 Å². The molecule has 0 fully saturated rings. The van der Waals surface area contributed by atoms with E-state index in [1.54, 1.807) is 11.0 Å². The smallest absolute Gasteiger partial charge is 0.295 e. The Hall–Kier alpha value is -1.95. The van der Waals surface area contributed by atoms with Crippen LogP contribution in [0.5, 0.6) is 0 Å². The van der Waals surface area contributed by atoms with E-state index in [9.17, 15) is 4.79 Å². The summed E-state index contributed by atoms with van der Waals surface area (Å²) in [4.78, 5) is 13.7. The SMILES string of the molecule is CCN(Cc1cccc(Cl)c1)C(=O)c1nn[nH]n1. The first-order valence-electron chi connectivity index (χ1n) is 5.48. The average molecular weight is 266 g/mol. The molecule has 1 aromatic carbocycles. The Morgan fingerprint density at radius 3 is 2.94 bits per heavy atom. The highest BCUT2D eigenvalue weighted by Gasteiger charge is 2.18. The third kappa shape index (κ3) is 2.84. The summed E-state index contributed by atoms with van der Waals surface area (Å²) in [5, 5.41) is 13.6. The Morgan fingerprint density at radius 1 is 1.50 bits per heavy atom. The minimum Gasteiger partial charge on any atom is -0.332 e. The number of aromatic nitrogens is 4. The van der Waals surface area contributed by atoms with Gasteiger partial charge in [-0.2, -0.15) is 5.21 Å². The number of amides is 1. The summed E-state index contributed by atoms with van der Waals surface area (Å²) in [5.74, 6) is -0.190. The van der Waals surface area contributed by atoms with Gasteiger partial charge in [0.1, 0.15) is 0 Å². The molecule has 18 heavy (non-hydrogen) atoms. The van der Waals surface area contributed by atoms with Crippen LogP contribution in [0.4, 0.5) is 0 Å². The lowest BCUT2D eigenvalue weighted by atomic mass is 10.2. The number of halogens is 1. The Kier molecular flexibility index (Phi) is 3.88. The fraction of sp³-hybridized carbons (Fsp3) is 0.273. The van der Waals surface area contributed by atoms with Gasteiger partial charge in [0.15, 0.2) is 0 Å². The van der Waals surface area contributed by atoms with Crippen LogP contribution in [0.25, 0.3) is 0 Å². The highest BCUT2D eigenvalue weighted by atomic mass is 35.5. The number of nitrogens with zero attached hydrogens (tertiary/aromatic N) is 4. The van der Waals surface area contributed by atoms with E-state index in [1.165, 1.54) is 0 Å². The summed E-state index contributed by atoms with van der Waals surface area (Å²) >= 11 is 5.91. The number of H-pyrrole nitrogens is 1. The Labute approximate surface area is 109 Å². The van der Waals surface area contributed by atoms with Crippen LogP contribution in [0.15, 0.2) is 24.3 Å². The molecule has 7 heteroatoms. The maximum atomic E-state index is 12.0. The second kappa shape index (κ2) is 5.59. The Morgan fingerprint density at radius 2 is 2.33 bits per heavy atom. The maximum Gasteiger partial charge on any atom is 0.295 e. The number of carbonyl (C=O) groups excluding carboxylic acids is 1. The van der Waals surface area contributed by atoms with E-state index in [0.29, 0.717) is 18.1 Å². The summed E-state index contributed by atoms with van der Waals surface area (Å²) < 4.78 is 0. The van der Waals surface area contributed by atoms with E-state index in [1.807, 2.05) is 25.1 Å². The molecule has 0 bridgehead atoms. The molecule has 1 amide bonds. The van der Waals surface area contributed by atoms with E-state index in [0.717, 1.165) is 5.56 Å². The number of rotatable bonds is 4. The third-order valence-electron chi connectivity index (χ3n) is 2.47. The van der Waals surface area contributed by atoms with E-state index >= 15 is 0 Å². The van der Waals surface area contributed by atoms with Crippen molar-refractivity contribution >= 4 is 17.5 Å². The minimum absolute atomic E-state index is 0.0684. The lowest BCUT2D eigenvalue weighted by Gasteiger charge is -2.19. The van der Waals surface area contributed by atoms with Crippen molar-refractivity contribution in [1.82, 2.24) is 25.5 Å².